The summed E-state index contributed by atoms with van der Waals surface area (Å²) < 4.78 is 15.8. The highest BCUT2D eigenvalue weighted by atomic mass is 79.9. The molecule has 0 fully saturated rings. The van der Waals surface area contributed by atoms with E-state index < -0.39 is 11.7 Å². The fourth-order valence-corrected chi connectivity index (χ4v) is 2.54. The lowest BCUT2D eigenvalue weighted by Crippen LogP contribution is -2.14. The molecule has 0 saturated heterocycles. The molecule has 22 heavy (non-hydrogen) atoms. The lowest BCUT2D eigenvalue weighted by atomic mass is 10.2. The van der Waals surface area contributed by atoms with Gasteiger partial charge in [-0.1, -0.05) is 24.3 Å². The number of rotatable bonds is 3. The van der Waals surface area contributed by atoms with E-state index in [0.717, 1.165) is 5.69 Å². The van der Waals surface area contributed by atoms with Gasteiger partial charge in [0.1, 0.15) is 5.82 Å². The molecular weight excluding hydrogens is 349 g/mol. The Balaban J connectivity index is 1.82. The van der Waals surface area contributed by atoms with Crippen LogP contribution >= 0.6 is 15.9 Å². The Bertz CT molecular complexity index is 797. The third-order valence-electron chi connectivity index (χ3n) is 3.05. The van der Waals surface area contributed by atoms with Crippen LogP contribution in [0.3, 0.4) is 0 Å². The molecule has 2 aromatic carbocycles. The Hall–Kier alpha value is -2.47. The molecule has 1 aromatic heterocycles. The van der Waals surface area contributed by atoms with Crippen LogP contribution in [0.2, 0.25) is 0 Å². The first-order valence-corrected chi connectivity index (χ1v) is 7.30. The average molecular weight is 360 g/mol. The summed E-state index contributed by atoms with van der Waals surface area (Å²) in [6.07, 6.45) is 3.18. The number of para-hydroxylation sites is 1. The van der Waals surface area contributed by atoms with Gasteiger partial charge in [-0.3, -0.25) is 4.79 Å². The van der Waals surface area contributed by atoms with E-state index in [-0.39, 0.29) is 5.56 Å². The summed E-state index contributed by atoms with van der Waals surface area (Å²) in [7, 11) is 0. The van der Waals surface area contributed by atoms with Crippen molar-refractivity contribution in [2.45, 2.75) is 0 Å². The Morgan fingerprint density at radius 2 is 1.91 bits per heavy atom. The molecule has 1 N–H and O–H groups in total. The number of benzene rings is 2. The second kappa shape index (κ2) is 6.11. The third-order valence-corrected chi connectivity index (χ3v) is 3.71. The van der Waals surface area contributed by atoms with Crippen LogP contribution in [0.25, 0.3) is 5.69 Å². The summed E-state index contributed by atoms with van der Waals surface area (Å²) in [4.78, 5) is 12.2. The number of hydrogen-bond donors (Lipinski definition) is 1. The molecule has 0 aliphatic rings. The highest BCUT2D eigenvalue weighted by Crippen LogP contribution is 2.21. The summed E-state index contributed by atoms with van der Waals surface area (Å²) >= 11 is 3.18. The van der Waals surface area contributed by atoms with Gasteiger partial charge in [-0.15, -0.1) is 0 Å². The van der Waals surface area contributed by atoms with Crippen LogP contribution in [0.5, 0.6) is 0 Å². The van der Waals surface area contributed by atoms with Crippen molar-refractivity contribution >= 4 is 27.5 Å². The number of halogens is 2. The lowest BCUT2D eigenvalue weighted by molar-refractivity contribution is 0.102. The van der Waals surface area contributed by atoms with Gasteiger partial charge in [0.05, 0.1) is 29.3 Å². The van der Waals surface area contributed by atoms with Gasteiger partial charge in [0.25, 0.3) is 5.91 Å². The quantitative estimate of drug-likeness (QED) is 0.767. The average Bonchev–Trinajstić information content (AvgIpc) is 2.96. The maximum absolute atomic E-state index is 13.8. The van der Waals surface area contributed by atoms with Gasteiger partial charge in [-0.2, -0.15) is 5.10 Å². The molecule has 0 aliphatic carbocycles. The van der Waals surface area contributed by atoms with E-state index >= 15 is 0 Å². The smallest absolute Gasteiger partial charge is 0.259 e. The van der Waals surface area contributed by atoms with Gasteiger partial charge < -0.3 is 5.32 Å². The second-order valence-electron chi connectivity index (χ2n) is 4.56. The zero-order valence-electron chi connectivity index (χ0n) is 11.3. The topological polar surface area (TPSA) is 46.9 Å². The molecule has 0 unspecified atom stereocenters. The van der Waals surface area contributed by atoms with Gasteiger partial charge in [0, 0.05) is 4.47 Å². The number of carbonyl (C=O) groups is 1. The number of anilines is 1. The molecule has 3 rings (SSSR count). The van der Waals surface area contributed by atoms with Crippen molar-refractivity contribution in [2.24, 2.45) is 0 Å². The van der Waals surface area contributed by atoms with Crippen molar-refractivity contribution in [1.82, 2.24) is 9.78 Å². The van der Waals surface area contributed by atoms with Crippen LogP contribution in [-0.2, 0) is 0 Å². The summed E-state index contributed by atoms with van der Waals surface area (Å²) in [6, 6.07) is 13.9. The van der Waals surface area contributed by atoms with E-state index in [0.29, 0.717) is 10.2 Å². The maximum Gasteiger partial charge on any atom is 0.259 e. The van der Waals surface area contributed by atoms with Crippen molar-refractivity contribution < 1.29 is 9.18 Å². The maximum atomic E-state index is 13.8. The summed E-state index contributed by atoms with van der Waals surface area (Å²) in [6.45, 7) is 0. The minimum Gasteiger partial charge on any atom is -0.319 e. The molecule has 0 aliphatic heterocycles. The van der Waals surface area contributed by atoms with E-state index in [2.05, 4.69) is 26.3 Å². The van der Waals surface area contributed by atoms with Crippen LogP contribution in [0.4, 0.5) is 10.1 Å². The first kappa shape index (κ1) is 14.5. The van der Waals surface area contributed by atoms with E-state index in [1.165, 1.54) is 18.3 Å². The second-order valence-corrected chi connectivity index (χ2v) is 5.41. The number of aromatic nitrogens is 2. The van der Waals surface area contributed by atoms with Crippen LogP contribution < -0.4 is 5.32 Å². The predicted molar refractivity (Wildman–Crippen MR) is 85.6 cm³/mol. The molecule has 6 heteroatoms. The van der Waals surface area contributed by atoms with Crippen molar-refractivity contribution in [3.8, 4) is 5.69 Å². The molecular formula is C16H11BrFN3O. The minimum absolute atomic E-state index is 0.0324. The van der Waals surface area contributed by atoms with Crippen molar-refractivity contribution in [3.05, 3.63) is 76.8 Å². The molecule has 1 amide bonds. The molecule has 0 spiro atoms. The van der Waals surface area contributed by atoms with Gasteiger partial charge in [-0.05, 0) is 40.2 Å². The SMILES string of the molecule is O=C(Nc1cnn(-c2ccccc2)c1)c1c(F)cccc1Br. The zero-order chi connectivity index (χ0) is 15.5. The normalized spacial score (nSPS) is 10.5. The summed E-state index contributed by atoms with van der Waals surface area (Å²) in [5.41, 5.74) is 1.33. The molecule has 1 heterocycles. The number of carbonyl (C=O) groups excluding carboxylic acids is 1. The van der Waals surface area contributed by atoms with Gasteiger partial charge in [0.2, 0.25) is 0 Å². The number of hydrogen-bond acceptors (Lipinski definition) is 2. The monoisotopic (exact) mass is 359 g/mol. The standard InChI is InChI=1S/C16H11BrFN3O/c17-13-7-4-8-14(18)15(13)16(22)20-11-9-19-21(10-11)12-5-2-1-3-6-12/h1-10H,(H,20,22). The number of amides is 1. The van der Waals surface area contributed by atoms with Crippen LogP contribution in [0, 0.1) is 5.82 Å². The molecule has 0 saturated carbocycles. The largest absolute Gasteiger partial charge is 0.319 e. The Morgan fingerprint density at radius 1 is 1.14 bits per heavy atom. The highest BCUT2D eigenvalue weighted by molar-refractivity contribution is 9.10. The highest BCUT2D eigenvalue weighted by Gasteiger charge is 2.16. The van der Waals surface area contributed by atoms with Gasteiger partial charge in [-0.25, -0.2) is 9.07 Å². The Labute approximate surface area is 134 Å². The van der Waals surface area contributed by atoms with E-state index in [4.69, 9.17) is 0 Å². The molecule has 4 nitrogen and oxygen atoms in total. The van der Waals surface area contributed by atoms with E-state index in [1.807, 2.05) is 30.3 Å². The van der Waals surface area contributed by atoms with E-state index in [1.54, 1.807) is 16.9 Å². The first-order chi connectivity index (χ1) is 10.6. The number of nitrogens with one attached hydrogen (secondary N) is 1. The molecule has 0 radical (unpaired) electrons. The third kappa shape index (κ3) is 2.92. The van der Waals surface area contributed by atoms with Crippen molar-refractivity contribution in [1.29, 1.82) is 0 Å². The van der Waals surface area contributed by atoms with Crippen LogP contribution in [0.15, 0.2) is 65.4 Å². The molecule has 3 aromatic rings. The first-order valence-electron chi connectivity index (χ1n) is 6.50. The van der Waals surface area contributed by atoms with Crippen LogP contribution in [-0.4, -0.2) is 15.7 Å². The van der Waals surface area contributed by atoms with E-state index in [9.17, 15) is 9.18 Å². The van der Waals surface area contributed by atoms with Gasteiger partial charge >= 0.3 is 0 Å². The van der Waals surface area contributed by atoms with Gasteiger partial charge in [0.15, 0.2) is 0 Å². The zero-order valence-corrected chi connectivity index (χ0v) is 12.9. The fraction of sp³-hybridized carbons (Fsp3) is 0. The lowest BCUT2D eigenvalue weighted by Gasteiger charge is -2.05. The molecule has 110 valence electrons. The minimum atomic E-state index is -0.581. The molecule has 0 bridgehead atoms. The van der Waals surface area contributed by atoms with Crippen LogP contribution in [0.1, 0.15) is 10.4 Å². The van der Waals surface area contributed by atoms with Crippen molar-refractivity contribution in [2.75, 3.05) is 5.32 Å². The Kier molecular flexibility index (Phi) is 4.02. The Morgan fingerprint density at radius 3 is 2.64 bits per heavy atom. The van der Waals surface area contributed by atoms with Crippen molar-refractivity contribution in [3.63, 3.8) is 0 Å². The summed E-state index contributed by atoms with van der Waals surface area (Å²) in [5, 5.41) is 6.81. The number of nitrogens with zero attached hydrogens (tertiary/aromatic N) is 2. The predicted octanol–water partition coefficient (Wildman–Crippen LogP) is 4.03. The summed E-state index contributed by atoms with van der Waals surface area (Å²) in [5.74, 6) is -1.11. The fourth-order valence-electron chi connectivity index (χ4n) is 2.02. The molecule has 0 atom stereocenters.